The topological polar surface area (TPSA) is 115 Å². The van der Waals surface area contributed by atoms with Crippen molar-refractivity contribution in [3.8, 4) is 0 Å². The molecule has 0 aliphatic rings. The highest BCUT2D eigenvalue weighted by Gasteiger charge is 2.19. The molecule has 0 saturated heterocycles. The fraction of sp³-hybridized carbons (Fsp3) is 0.200. The number of hydrogen-bond acceptors (Lipinski definition) is 6. The average Bonchev–Trinajstić information content (AvgIpc) is 3.15. The quantitative estimate of drug-likeness (QED) is 0.372. The second-order valence-corrected chi connectivity index (χ2v) is 13.0. The number of anilines is 1. The molecule has 0 saturated carbocycles. The number of aromatic nitrogens is 1. The molecule has 1 heterocycles. The smallest absolute Gasteiger partial charge is 0.281 e. The van der Waals surface area contributed by atoms with Crippen LogP contribution in [-0.2, 0) is 26.4 Å². The van der Waals surface area contributed by atoms with Gasteiger partial charge in [0.25, 0.3) is 15.9 Å². The number of aryl methyl sites for hydroxylation is 2. The van der Waals surface area contributed by atoms with Crippen LogP contribution in [0.2, 0.25) is 0 Å². The van der Waals surface area contributed by atoms with Crippen LogP contribution in [0.4, 0.5) is 5.69 Å². The number of fused-ring (bicyclic) bond motifs is 1. The van der Waals surface area contributed by atoms with E-state index in [1.807, 2.05) is 18.4 Å². The summed E-state index contributed by atoms with van der Waals surface area (Å²) in [5, 5.41) is 0. The number of sulfone groups is 1. The highest BCUT2D eigenvalue weighted by Crippen LogP contribution is 2.24. The predicted molar refractivity (Wildman–Crippen MR) is 142 cm³/mol. The Labute approximate surface area is 213 Å². The van der Waals surface area contributed by atoms with Gasteiger partial charge in [-0.2, -0.15) is 4.99 Å². The Bertz CT molecular complexity index is 1730. The van der Waals surface area contributed by atoms with E-state index in [2.05, 4.69) is 9.71 Å². The molecular weight excluding hydrogens is 518 g/mol. The highest BCUT2D eigenvalue weighted by atomic mass is 32.2. The third kappa shape index (κ3) is 5.43. The Hall–Kier alpha value is -3.28. The fourth-order valence-corrected chi connectivity index (χ4v) is 6.53. The lowest BCUT2D eigenvalue weighted by molar-refractivity contribution is 0.0998. The molecule has 4 rings (SSSR count). The molecule has 1 amide bonds. The number of carbonyl (C=O) groups is 1. The van der Waals surface area contributed by atoms with Crippen LogP contribution < -0.4 is 9.52 Å². The van der Waals surface area contributed by atoms with Gasteiger partial charge in [0.1, 0.15) is 0 Å². The molecule has 0 unspecified atom stereocenters. The monoisotopic (exact) mass is 543 g/mol. The zero-order valence-corrected chi connectivity index (χ0v) is 22.4. The van der Waals surface area contributed by atoms with Crippen LogP contribution in [0.25, 0.3) is 10.2 Å². The lowest BCUT2D eigenvalue weighted by atomic mass is 10.2. The van der Waals surface area contributed by atoms with Crippen LogP contribution >= 0.6 is 11.3 Å². The Balaban J connectivity index is 1.77. The molecule has 0 atom stereocenters. The molecule has 0 aliphatic carbocycles. The van der Waals surface area contributed by atoms with Crippen molar-refractivity contribution in [3.05, 3.63) is 82.7 Å². The van der Waals surface area contributed by atoms with Crippen molar-refractivity contribution in [2.24, 2.45) is 4.99 Å². The van der Waals surface area contributed by atoms with Crippen molar-refractivity contribution in [3.63, 3.8) is 0 Å². The zero-order valence-electron chi connectivity index (χ0n) is 19.9. The van der Waals surface area contributed by atoms with Gasteiger partial charge >= 0.3 is 0 Å². The van der Waals surface area contributed by atoms with Crippen molar-refractivity contribution in [1.82, 2.24) is 4.57 Å². The number of para-hydroxylation sites is 1. The number of carbonyl (C=O) groups excluding carboxylic acids is 1. The molecule has 0 bridgehead atoms. The standard InChI is InChI=1S/C25H25N3O5S3/c1-4-15-28-22-14-13-19(35(3,30)31)16-23(22)34-25(28)26-24(29)20-7-5-6-8-21(20)27-36(32,33)18-11-9-17(2)10-12-18/h5-14,16,27H,4,15H2,1-3H3. The lowest BCUT2D eigenvalue weighted by Gasteiger charge is -2.11. The second kappa shape index (κ2) is 10.00. The van der Waals surface area contributed by atoms with E-state index >= 15 is 0 Å². The van der Waals surface area contributed by atoms with Gasteiger partial charge in [-0.25, -0.2) is 16.8 Å². The van der Waals surface area contributed by atoms with E-state index in [1.165, 1.54) is 41.7 Å². The maximum atomic E-state index is 13.3. The summed E-state index contributed by atoms with van der Waals surface area (Å²) >= 11 is 1.21. The van der Waals surface area contributed by atoms with Crippen molar-refractivity contribution >= 4 is 53.0 Å². The Morgan fingerprint density at radius 3 is 2.31 bits per heavy atom. The van der Waals surface area contributed by atoms with Crippen LogP contribution in [0.3, 0.4) is 0 Å². The van der Waals surface area contributed by atoms with E-state index in [-0.39, 0.29) is 21.0 Å². The third-order valence-corrected chi connectivity index (χ3v) is 8.99. The minimum absolute atomic E-state index is 0.0827. The average molecular weight is 544 g/mol. The number of nitrogens with one attached hydrogen (secondary N) is 1. The predicted octanol–water partition coefficient (Wildman–Crippen LogP) is 4.37. The third-order valence-electron chi connectivity index (χ3n) is 5.46. The minimum Gasteiger partial charge on any atom is -0.316 e. The van der Waals surface area contributed by atoms with Crippen LogP contribution in [0.1, 0.15) is 29.3 Å². The van der Waals surface area contributed by atoms with Crippen molar-refractivity contribution < 1.29 is 21.6 Å². The van der Waals surface area contributed by atoms with E-state index in [0.29, 0.717) is 16.0 Å². The summed E-state index contributed by atoms with van der Waals surface area (Å²) in [4.78, 5) is 18.2. The first-order valence-corrected chi connectivity index (χ1v) is 15.3. The van der Waals surface area contributed by atoms with E-state index < -0.39 is 25.8 Å². The molecule has 11 heteroatoms. The molecule has 8 nitrogen and oxygen atoms in total. The Morgan fingerprint density at radius 1 is 0.972 bits per heavy atom. The highest BCUT2D eigenvalue weighted by molar-refractivity contribution is 7.92. The summed E-state index contributed by atoms with van der Waals surface area (Å²) in [7, 11) is -7.31. The first kappa shape index (κ1) is 25.8. The molecule has 188 valence electrons. The first-order chi connectivity index (χ1) is 17.0. The summed E-state index contributed by atoms with van der Waals surface area (Å²) in [6.07, 6.45) is 1.92. The Morgan fingerprint density at radius 2 is 1.64 bits per heavy atom. The largest absolute Gasteiger partial charge is 0.316 e. The van der Waals surface area contributed by atoms with E-state index in [9.17, 15) is 21.6 Å². The number of thiazole rings is 1. The molecule has 1 N–H and O–H groups in total. The summed E-state index contributed by atoms with van der Waals surface area (Å²) < 4.78 is 54.9. The van der Waals surface area contributed by atoms with Gasteiger partial charge in [-0.3, -0.25) is 9.52 Å². The van der Waals surface area contributed by atoms with E-state index in [0.717, 1.165) is 23.8 Å². The maximum absolute atomic E-state index is 13.3. The molecule has 1 aromatic heterocycles. The number of amides is 1. The number of benzene rings is 3. The number of hydrogen-bond donors (Lipinski definition) is 1. The van der Waals surface area contributed by atoms with Gasteiger partial charge in [0.2, 0.25) is 0 Å². The van der Waals surface area contributed by atoms with Gasteiger partial charge in [-0.05, 0) is 55.8 Å². The van der Waals surface area contributed by atoms with E-state index in [1.54, 1.807) is 36.4 Å². The van der Waals surface area contributed by atoms with Crippen LogP contribution in [0, 0.1) is 6.92 Å². The normalized spacial score (nSPS) is 12.7. The fourth-order valence-electron chi connectivity index (χ4n) is 3.64. The van der Waals surface area contributed by atoms with Gasteiger partial charge in [-0.15, -0.1) is 0 Å². The van der Waals surface area contributed by atoms with Crippen molar-refractivity contribution in [2.75, 3.05) is 11.0 Å². The molecule has 0 fully saturated rings. The van der Waals surface area contributed by atoms with Crippen molar-refractivity contribution in [2.45, 2.75) is 36.6 Å². The lowest BCUT2D eigenvalue weighted by Crippen LogP contribution is -2.18. The zero-order chi connectivity index (χ0) is 26.1. The molecule has 3 aromatic carbocycles. The SMILES string of the molecule is CCCn1c(=NC(=O)c2ccccc2NS(=O)(=O)c2ccc(C)cc2)sc2cc(S(C)(=O)=O)ccc21. The van der Waals surface area contributed by atoms with Crippen LogP contribution in [0.5, 0.6) is 0 Å². The van der Waals surface area contributed by atoms with Gasteiger partial charge in [0, 0.05) is 12.8 Å². The number of sulfonamides is 1. The van der Waals surface area contributed by atoms with Gasteiger partial charge in [0.05, 0.1) is 31.3 Å². The number of rotatable bonds is 7. The van der Waals surface area contributed by atoms with Gasteiger partial charge in [0.15, 0.2) is 14.6 Å². The number of nitrogens with zero attached hydrogens (tertiary/aromatic N) is 2. The summed E-state index contributed by atoms with van der Waals surface area (Å²) in [6, 6.07) is 17.5. The second-order valence-electron chi connectivity index (χ2n) is 8.32. The van der Waals surface area contributed by atoms with E-state index in [4.69, 9.17) is 0 Å². The van der Waals surface area contributed by atoms with Crippen LogP contribution in [-0.4, -0.2) is 33.6 Å². The van der Waals surface area contributed by atoms with Crippen molar-refractivity contribution in [1.29, 1.82) is 0 Å². The van der Waals surface area contributed by atoms with Crippen LogP contribution in [0.15, 0.2) is 81.5 Å². The van der Waals surface area contributed by atoms with Gasteiger partial charge < -0.3 is 4.57 Å². The molecule has 0 aliphatic heterocycles. The molecular formula is C25H25N3O5S3. The Kier molecular flexibility index (Phi) is 7.17. The molecule has 0 radical (unpaired) electrons. The molecule has 36 heavy (non-hydrogen) atoms. The van der Waals surface area contributed by atoms with Gasteiger partial charge in [-0.1, -0.05) is 48.1 Å². The molecule has 4 aromatic rings. The summed E-state index contributed by atoms with van der Waals surface area (Å²) in [5.41, 5.74) is 1.92. The molecule has 0 spiro atoms. The first-order valence-electron chi connectivity index (χ1n) is 11.1. The summed E-state index contributed by atoms with van der Waals surface area (Å²) in [6.45, 7) is 4.42. The summed E-state index contributed by atoms with van der Waals surface area (Å²) in [5.74, 6) is -0.614. The maximum Gasteiger partial charge on any atom is 0.281 e. The minimum atomic E-state index is -3.92.